The van der Waals surface area contributed by atoms with Crippen molar-refractivity contribution in [3.05, 3.63) is 36.4 Å². The molecule has 0 unspecified atom stereocenters. The first kappa shape index (κ1) is 18.1. The summed E-state index contributed by atoms with van der Waals surface area (Å²) in [5.41, 5.74) is 1.19. The predicted octanol–water partition coefficient (Wildman–Crippen LogP) is 3.78. The van der Waals surface area contributed by atoms with Gasteiger partial charge < -0.3 is 9.96 Å². The standard InChI is InChI=1S/C18H32N2Si/c1-5-9-15-19-21(8-4,20-16-10-6-2)18-13-11-17(7-3)12-14-18/h7,11-14,19-20H,3,5-6,8-10,15-16H2,1-2,4H3. The summed E-state index contributed by atoms with van der Waals surface area (Å²) in [6, 6.07) is 10.1. The van der Waals surface area contributed by atoms with E-state index in [9.17, 15) is 0 Å². The van der Waals surface area contributed by atoms with E-state index in [4.69, 9.17) is 0 Å². The molecule has 0 aliphatic rings. The third-order valence-corrected chi connectivity index (χ3v) is 8.17. The van der Waals surface area contributed by atoms with Crippen molar-refractivity contribution >= 4 is 19.7 Å². The van der Waals surface area contributed by atoms with E-state index in [1.54, 1.807) is 0 Å². The summed E-state index contributed by atoms with van der Waals surface area (Å²) < 4.78 is 0. The van der Waals surface area contributed by atoms with Crippen molar-refractivity contribution in [2.45, 2.75) is 52.5 Å². The molecule has 0 radical (unpaired) electrons. The topological polar surface area (TPSA) is 24.1 Å². The second-order valence-electron chi connectivity index (χ2n) is 5.65. The maximum Gasteiger partial charge on any atom is 0.234 e. The quantitative estimate of drug-likeness (QED) is 0.480. The summed E-state index contributed by atoms with van der Waals surface area (Å²) in [6.45, 7) is 12.9. The molecule has 0 fully saturated rings. The Morgan fingerprint density at radius 1 is 0.952 bits per heavy atom. The normalized spacial score (nSPS) is 11.6. The molecule has 0 amide bonds. The Bertz CT molecular complexity index is 390. The number of nitrogens with one attached hydrogen (secondary N) is 2. The maximum atomic E-state index is 3.90. The highest BCUT2D eigenvalue weighted by Gasteiger charge is 2.32. The smallest absolute Gasteiger partial charge is 0.234 e. The monoisotopic (exact) mass is 304 g/mol. The third-order valence-electron chi connectivity index (χ3n) is 4.08. The second-order valence-corrected chi connectivity index (χ2v) is 9.45. The van der Waals surface area contributed by atoms with Gasteiger partial charge in [0.05, 0.1) is 0 Å². The number of hydrogen-bond acceptors (Lipinski definition) is 2. The predicted molar refractivity (Wildman–Crippen MR) is 98.2 cm³/mol. The minimum atomic E-state index is -1.79. The Hall–Kier alpha value is -0.903. The van der Waals surface area contributed by atoms with Gasteiger partial charge in [-0.15, -0.1) is 0 Å². The van der Waals surface area contributed by atoms with Crippen LogP contribution in [0.3, 0.4) is 0 Å². The van der Waals surface area contributed by atoms with Crippen LogP contribution in [-0.2, 0) is 0 Å². The Labute approximate surface area is 132 Å². The molecule has 1 rings (SSSR count). The summed E-state index contributed by atoms with van der Waals surface area (Å²) in [7, 11) is -1.79. The van der Waals surface area contributed by atoms with Gasteiger partial charge in [-0.2, -0.15) is 0 Å². The lowest BCUT2D eigenvalue weighted by Crippen LogP contribution is -2.70. The average molecular weight is 305 g/mol. The van der Waals surface area contributed by atoms with Crippen molar-refractivity contribution in [1.82, 2.24) is 9.96 Å². The van der Waals surface area contributed by atoms with Crippen LogP contribution in [0, 0.1) is 0 Å². The summed E-state index contributed by atoms with van der Waals surface area (Å²) in [6.07, 6.45) is 6.88. The molecular formula is C18H32N2Si. The molecule has 0 saturated carbocycles. The first-order chi connectivity index (χ1) is 10.2. The van der Waals surface area contributed by atoms with E-state index in [-0.39, 0.29) is 0 Å². The van der Waals surface area contributed by atoms with Crippen LogP contribution in [0.15, 0.2) is 30.8 Å². The Morgan fingerprint density at radius 2 is 1.48 bits per heavy atom. The number of rotatable bonds is 11. The SMILES string of the molecule is C=Cc1ccc([Si](CC)(NCCCC)NCCCC)cc1. The van der Waals surface area contributed by atoms with Gasteiger partial charge in [-0.1, -0.05) is 70.5 Å². The molecule has 0 heterocycles. The van der Waals surface area contributed by atoms with Gasteiger partial charge in [-0.3, -0.25) is 0 Å². The molecule has 3 heteroatoms. The highest BCUT2D eigenvalue weighted by molar-refractivity contribution is 6.87. The fourth-order valence-electron chi connectivity index (χ4n) is 2.58. The van der Waals surface area contributed by atoms with Gasteiger partial charge in [-0.05, 0) is 42.7 Å². The Balaban J connectivity index is 2.91. The molecule has 1 aromatic carbocycles. The van der Waals surface area contributed by atoms with Crippen molar-refractivity contribution in [1.29, 1.82) is 0 Å². The van der Waals surface area contributed by atoms with Crippen LogP contribution in [0.5, 0.6) is 0 Å². The molecule has 0 aromatic heterocycles. The number of benzene rings is 1. The average Bonchev–Trinajstić information content (AvgIpc) is 2.54. The zero-order chi connectivity index (χ0) is 15.6. The summed E-state index contributed by atoms with van der Waals surface area (Å²) in [5.74, 6) is 0. The molecule has 2 nitrogen and oxygen atoms in total. The van der Waals surface area contributed by atoms with Gasteiger partial charge in [0.15, 0.2) is 0 Å². The zero-order valence-electron chi connectivity index (χ0n) is 14.0. The van der Waals surface area contributed by atoms with Crippen LogP contribution in [0.2, 0.25) is 6.04 Å². The minimum absolute atomic E-state index is 1.11. The molecule has 0 atom stereocenters. The number of unbranched alkanes of at least 4 members (excludes halogenated alkanes) is 2. The number of hydrogen-bond donors (Lipinski definition) is 2. The van der Waals surface area contributed by atoms with E-state index >= 15 is 0 Å². The van der Waals surface area contributed by atoms with Crippen molar-refractivity contribution < 1.29 is 0 Å². The van der Waals surface area contributed by atoms with Gasteiger partial charge in [0.25, 0.3) is 0 Å². The van der Waals surface area contributed by atoms with Crippen molar-refractivity contribution in [3.63, 3.8) is 0 Å². The van der Waals surface area contributed by atoms with Crippen molar-refractivity contribution in [2.75, 3.05) is 13.1 Å². The van der Waals surface area contributed by atoms with E-state index < -0.39 is 8.40 Å². The summed E-state index contributed by atoms with van der Waals surface area (Å²) in [5, 5.41) is 1.46. The highest BCUT2D eigenvalue weighted by atomic mass is 28.3. The molecule has 2 N–H and O–H groups in total. The molecule has 0 aliphatic carbocycles. The molecule has 0 spiro atoms. The van der Waals surface area contributed by atoms with Crippen LogP contribution >= 0.6 is 0 Å². The Morgan fingerprint density at radius 3 is 1.86 bits per heavy atom. The molecular weight excluding hydrogens is 272 g/mol. The van der Waals surface area contributed by atoms with Crippen molar-refractivity contribution in [3.8, 4) is 0 Å². The van der Waals surface area contributed by atoms with Crippen LogP contribution in [0.25, 0.3) is 6.08 Å². The van der Waals surface area contributed by atoms with Gasteiger partial charge in [0, 0.05) is 0 Å². The minimum Gasteiger partial charge on any atom is -0.322 e. The maximum absolute atomic E-state index is 3.90. The Kier molecular flexibility index (Phi) is 8.58. The van der Waals surface area contributed by atoms with Crippen molar-refractivity contribution in [2.24, 2.45) is 0 Å². The molecule has 0 bridgehead atoms. The lowest BCUT2D eigenvalue weighted by molar-refractivity contribution is 0.707. The van der Waals surface area contributed by atoms with Gasteiger partial charge in [0.2, 0.25) is 8.40 Å². The first-order valence-corrected chi connectivity index (χ1v) is 10.7. The van der Waals surface area contributed by atoms with Crippen LogP contribution < -0.4 is 15.2 Å². The molecule has 1 aromatic rings. The first-order valence-electron chi connectivity index (χ1n) is 8.45. The summed E-state index contributed by atoms with van der Waals surface area (Å²) >= 11 is 0. The molecule has 21 heavy (non-hydrogen) atoms. The van der Waals surface area contributed by atoms with E-state index in [1.165, 1.54) is 42.5 Å². The largest absolute Gasteiger partial charge is 0.322 e. The van der Waals surface area contributed by atoms with Crippen LogP contribution in [-0.4, -0.2) is 21.5 Å². The fraction of sp³-hybridized carbons (Fsp3) is 0.556. The van der Waals surface area contributed by atoms with Gasteiger partial charge >= 0.3 is 0 Å². The molecule has 0 saturated heterocycles. The van der Waals surface area contributed by atoms with E-state index in [0.717, 1.165) is 13.1 Å². The van der Waals surface area contributed by atoms with Crippen LogP contribution in [0.1, 0.15) is 52.0 Å². The highest BCUT2D eigenvalue weighted by Crippen LogP contribution is 2.07. The molecule has 0 aliphatic heterocycles. The van der Waals surface area contributed by atoms with Gasteiger partial charge in [0.1, 0.15) is 0 Å². The third kappa shape index (κ3) is 5.42. The van der Waals surface area contributed by atoms with E-state index in [1.807, 2.05) is 6.08 Å². The summed E-state index contributed by atoms with van der Waals surface area (Å²) in [4.78, 5) is 7.80. The zero-order valence-corrected chi connectivity index (χ0v) is 15.0. The lowest BCUT2D eigenvalue weighted by atomic mass is 10.2. The molecule has 118 valence electrons. The fourth-order valence-corrected chi connectivity index (χ4v) is 5.97. The van der Waals surface area contributed by atoms with Crippen LogP contribution in [0.4, 0.5) is 0 Å². The van der Waals surface area contributed by atoms with Gasteiger partial charge in [-0.25, -0.2) is 0 Å². The lowest BCUT2D eigenvalue weighted by Gasteiger charge is -2.33. The van der Waals surface area contributed by atoms with E-state index in [2.05, 4.69) is 61.6 Å². The second kappa shape index (κ2) is 9.93. The van der Waals surface area contributed by atoms with E-state index in [0.29, 0.717) is 0 Å².